The Kier molecular flexibility index (Phi) is 6.21. The number of nitrogens with zero attached hydrogens (tertiary/aromatic N) is 2. The van der Waals surface area contributed by atoms with E-state index in [0.717, 1.165) is 34.3 Å². The number of amides is 2. The van der Waals surface area contributed by atoms with Crippen molar-refractivity contribution in [1.29, 1.82) is 0 Å². The van der Waals surface area contributed by atoms with Crippen LogP contribution < -0.4 is 10.6 Å². The Labute approximate surface area is 182 Å². The van der Waals surface area contributed by atoms with Gasteiger partial charge in [-0.2, -0.15) is 0 Å². The summed E-state index contributed by atoms with van der Waals surface area (Å²) >= 11 is 0. The first-order chi connectivity index (χ1) is 15.5. The Morgan fingerprint density at radius 3 is 2.44 bits per heavy atom. The summed E-state index contributed by atoms with van der Waals surface area (Å²) in [6, 6.07) is 18.4. The molecule has 162 valence electrons. The fourth-order valence-electron chi connectivity index (χ4n) is 3.29. The molecule has 0 spiro atoms. The largest absolute Gasteiger partial charge is 0.350 e. The number of halogens is 2. The number of benzene rings is 3. The molecule has 0 bridgehead atoms. The zero-order valence-corrected chi connectivity index (χ0v) is 17.0. The van der Waals surface area contributed by atoms with Crippen LogP contribution in [0.15, 0.2) is 73.1 Å². The molecule has 0 radical (unpaired) electrons. The molecule has 0 saturated heterocycles. The van der Waals surface area contributed by atoms with Gasteiger partial charge in [0.05, 0.1) is 29.5 Å². The van der Waals surface area contributed by atoms with Gasteiger partial charge in [-0.3, -0.25) is 9.59 Å². The number of rotatable bonds is 7. The lowest BCUT2D eigenvalue weighted by Crippen LogP contribution is -2.36. The monoisotopic (exact) mass is 434 g/mol. The predicted molar refractivity (Wildman–Crippen MR) is 116 cm³/mol. The lowest BCUT2D eigenvalue weighted by molar-refractivity contribution is -0.120. The van der Waals surface area contributed by atoms with Gasteiger partial charge < -0.3 is 15.2 Å². The molecule has 6 nitrogen and oxygen atoms in total. The van der Waals surface area contributed by atoms with Crippen LogP contribution in [0.5, 0.6) is 0 Å². The molecule has 0 saturated carbocycles. The zero-order valence-electron chi connectivity index (χ0n) is 17.0. The molecule has 3 aromatic carbocycles. The Morgan fingerprint density at radius 2 is 1.66 bits per heavy atom. The van der Waals surface area contributed by atoms with Crippen molar-refractivity contribution in [2.24, 2.45) is 0 Å². The molecule has 4 aromatic rings. The summed E-state index contributed by atoms with van der Waals surface area (Å²) < 4.78 is 28.6. The Hall–Kier alpha value is -4.07. The summed E-state index contributed by atoms with van der Waals surface area (Å²) in [6.07, 6.45) is 1.81. The fourth-order valence-corrected chi connectivity index (χ4v) is 3.29. The van der Waals surface area contributed by atoms with Gasteiger partial charge in [-0.25, -0.2) is 13.8 Å². The van der Waals surface area contributed by atoms with Crippen LogP contribution in [0.4, 0.5) is 8.78 Å². The average Bonchev–Trinajstić information content (AvgIpc) is 3.20. The number of para-hydroxylation sites is 2. The molecule has 4 rings (SSSR count). The highest BCUT2D eigenvalue weighted by Gasteiger charge is 2.13. The van der Waals surface area contributed by atoms with Gasteiger partial charge in [0.15, 0.2) is 0 Å². The van der Waals surface area contributed by atoms with Crippen LogP contribution in [-0.4, -0.2) is 27.9 Å². The molecule has 2 N–H and O–H groups in total. The molecule has 0 fully saturated rings. The molecular formula is C24H20F2N4O2. The van der Waals surface area contributed by atoms with Gasteiger partial charge in [-0.15, -0.1) is 0 Å². The molecule has 0 aliphatic carbocycles. The van der Waals surface area contributed by atoms with E-state index in [1.165, 1.54) is 0 Å². The molecule has 0 atom stereocenters. The molecule has 0 unspecified atom stereocenters. The van der Waals surface area contributed by atoms with Crippen molar-refractivity contribution >= 4 is 22.8 Å². The maximum absolute atomic E-state index is 13.6. The van der Waals surface area contributed by atoms with E-state index in [1.54, 1.807) is 0 Å². The van der Waals surface area contributed by atoms with Gasteiger partial charge in [0.2, 0.25) is 5.91 Å². The van der Waals surface area contributed by atoms with Crippen molar-refractivity contribution in [1.82, 2.24) is 20.2 Å². The van der Waals surface area contributed by atoms with E-state index in [2.05, 4.69) is 20.2 Å². The SMILES string of the molecule is O=C(CNC(=O)c1ccc(F)cc1F)NCc1ccc(Cn2cnc3ccccc32)cc1. The first-order valence-electron chi connectivity index (χ1n) is 9.97. The standard InChI is InChI=1S/C24H20F2N4O2/c25-18-9-10-19(20(26)11-18)24(32)28-13-23(31)27-12-16-5-7-17(8-6-16)14-30-15-29-21-3-1-2-4-22(21)30/h1-11,15H,12-14H2,(H,27,31)(H,28,32). The number of aromatic nitrogens is 2. The quantitative estimate of drug-likeness (QED) is 0.468. The van der Waals surface area contributed by atoms with E-state index in [-0.39, 0.29) is 18.7 Å². The maximum Gasteiger partial charge on any atom is 0.254 e. The second kappa shape index (κ2) is 9.38. The van der Waals surface area contributed by atoms with Gasteiger partial charge in [-0.1, -0.05) is 36.4 Å². The van der Waals surface area contributed by atoms with Crippen molar-refractivity contribution in [3.63, 3.8) is 0 Å². The number of fused-ring (bicyclic) bond motifs is 1. The van der Waals surface area contributed by atoms with Crippen molar-refractivity contribution in [3.05, 3.63) is 101 Å². The van der Waals surface area contributed by atoms with Crippen molar-refractivity contribution < 1.29 is 18.4 Å². The van der Waals surface area contributed by atoms with E-state index in [0.29, 0.717) is 12.6 Å². The third kappa shape index (κ3) is 4.97. The highest BCUT2D eigenvalue weighted by atomic mass is 19.1. The molecule has 32 heavy (non-hydrogen) atoms. The van der Waals surface area contributed by atoms with Crippen LogP contribution in [0.25, 0.3) is 11.0 Å². The topological polar surface area (TPSA) is 76.0 Å². The smallest absolute Gasteiger partial charge is 0.254 e. The minimum atomic E-state index is -0.980. The Balaban J connectivity index is 1.26. The second-order valence-electron chi connectivity index (χ2n) is 7.26. The summed E-state index contributed by atoms with van der Waals surface area (Å²) in [6.45, 7) is 0.647. The number of carbonyl (C=O) groups excluding carboxylic acids is 2. The molecule has 8 heteroatoms. The zero-order chi connectivity index (χ0) is 22.5. The summed E-state index contributed by atoms with van der Waals surface area (Å²) in [5.41, 5.74) is 3.68. The molecular weight excluding hydrogens is 414 g/mol. The number of carbonyl (C=O) groups is 2. The summed E-state index contributed by atoms with van der Waals surface area (Å²) in [5, 5.41) is 5.02. The van der Waals surface area contributed by atoms with Gasteiger partial charge in [0, 0.05) is 19.2 Å². The minimum absolute atomic E-state index is 0.286. The third-order valence-electron chi connectivity index (χ3n) is 4.98. The normalized spacial score (nSPS) is 10.8. The van der Waals surface area contributed by atoms with Gasteiger partial charge in [-0.05, 0) is 35.4 Å². The molecule has 1 aromatic heterocycles. The van der Waals surface area contributed by atoms with Crippen molar-refractivity contribution in [3.8, 4) is 0 Å². The van der Waals surface area contributed by atoms with Gasteiger partial charge >= 0.3 is 0 Å². The van der Waals surface area contributed by atoms with Crippen molar-refractivity contribution in [2.75, 3.05) is 6.54 Å². The van der Waals surface area contributed by atoms with Crippen LogP contribution in [0.2, 0.25) is 0 Å². The van der Waals surface area contributed by atoms with Crippen LogP contribution in [0.3, 0.4) is 0 Å². The highest BCUT2D eigenvalue weighted by Crippen LogP contribution is 2.14. The van der Waals surface area contributed by atoms with E-state index >= 15 is 0 Å². The summed E-state index contributed by atoms with van der Waals surface area (Å²) in [7, 11) is 0. The molecule has 1 heterocycles. The molecule has 0 aliphatic rings. The lowest BCUT2D eigenvalue weighted by atomic mass is 10.1. The number of nitrogens with one attached hydrogen (secondary N) is 2. The Bertz CT molecular complexity index is 1270. The highest BCUT2D eigenvalue weighted by molar-refractivity contribution is 5.96. The van der Waals surface area contributed by atoms with E-state index < -0.39 is 23.4 Å². The second-order valence-corrected chi connectivity index (χ2v) is 7.26. The van der Waals surface area contributed by atoms with Crippen LogP contribution in [-0.2, 0) is 17.9 Å². The van der Waals surface area contributed by atoms with Gasteiger partial charge in [0.25, 0.3) is 5.91 Å². The number of hydrogen-bond donors (Lipinski definition) is 2. The number of imidazole rings is 1. The first-order valence-corrected chi connectivity index (χ1v) is 9.97. The Morgan fingerprint density at radius 1 is 0.906 bits per heavy atom. The van der Waals surface area contributed by atoms with E-state index in [1.807, 2.05) is 54.9 Å². The lowest BCUT2D eigenvalue weighted by Gasteiger charge is -2.09. The third-order valence-corrected chi connectivity index (χ3v) is 4.98. The van der Waals surface area contributed by atoms with E-state index in [4.69, 9.17) is 0 Å². The van der Waals surface area contributed by atoms with E-state index in [9.17, 15) is 18.4 Å². The average molecular weight is 434 g/mol. The first kappa shape index (κ1) is 21.2. The molecule has 0 aliphatic heterocycles. The van der Waals surface area contributed by atoms with Crippen LogP contribution in [0, 0.1) is 11.6 Å². The predicted octanol–water partition coefficient (Wildman–Crippen LogP) is 3.41. The minimum Gasteiger partial charge on any atom is -0.350 e. The maximum atomic E-state index is 13.6. The van der Waals surface area contributed by atoms with Crippen LogP contribution >= 0.6 is 0 Å². The summed E-state index contributed by atoms with van der Waals surface area (Å²) in [5.74, 6) is -2.96. The van der Waals surface area contributed by atoms with Gasteiger partial charge in [0.1, 0.15) is 11.6 Å². The van der Waals surface area contributed by atoms with Crippen molar-refractivity contribution in [2.45, 2.75) is 13.1 Å². The number of hydrogen-bond acceptors (Lipinski definition) is 3. The fraction of sp³-hybridized carbons (Fsp3) is 0.125. The molecule has 2 amide bonds. The summed E-state index contributed by atoms with van der Waals surface area (Å²) in [4.78, 5) is 28.3. The van der Waals surface area contributed by atoms with Crippen LogP contribution in [0.1, 0.15) is 21.5 Å².